The van der Waals surface area contributed by atoms with Gasteiger partial charge >= 0.3 is 0 Å². The van der Waals surface area contributed by atoms with Crippen molar-refractivity contribution in [2.24, 2.45) is 10.9 Å². The molecule has 0 saturated carbocycles. The summed E-state index contributed by atoms with van der Waals surface area (Å²) in [4.78, 5) is 13.5. The highest BCUT2D eigenvalue weighted by atomic mass is 35.5. The molecule has 1 rings (SSSR count). The van der Waals surface area contributed by atoms with Crippen molar-refractivity contribution in [2.45, 2.75) is 6.92 Å². The van der Waals surface area contributed by atoms with Gasteiger partial charge in [-0.3, -0.25) is 4.79 Å². The Kier molecular flexibility index (Phi) is 4.79. The molecule has 0 atom stereocenters. The fraction of sp³-hybridized carbons (Fsp3) is 0.273. The third kappa shape index (κ3) is 3.27. The van der Waals surface area contributed by atoms with Crippen LogP contribution in [0.4, 0.5) is 0 Å². The van der Waals surface area contributed by atoms with Crippen molar-refractivity contribution >= 4 is 23.3 Å². The maximum atomic E-state index is 12.1. The summed E-state index contributed by atoms with van der Waals surface area (Å²) in [7, 11) is 0. The Morgan fingerprint density at radius 1 is 1.56 bits per heavy atom. The lowest BCUT2D eigenvalue weighted by Gasteiger charge is -2.20. The van der Waals surface area contributed by atoms with E-state index in [0.29, 0.717) is 12.1 Å². The van der Waals surface area contributed by atoms with Crippen LogP contribution < -0.4 is 5.73 Å². The van der Waals surface area contributed by atoms with E-state index in [1.807, 2.05) is 0 Å². The smallest absolute Gasteiger partial charge is 0.254 e. The van der Waals surface area contributed by atoms with Gasteiger partial charge in [-0.2, -0.15) is 0 Å². The Balaban J connectivity index is 2.93. The summed E-state index contributed by atoms with van der Waals surface area (Å²) < 4.78 is 0. The molecule has 0 unspecified atom stereocenters. The second kappa shape index (κ2) is 6.11. The van der Waals surface area contributed by atoms with Crippen molar-refractivity contribution in [1.29, 1.82) is 0 Å². The summed E-state index contributed by atoms with van der Waals surface area (Å²) in [5.41, 5.74) is 5.68. The van der Waals surface area contributed by atoms with E-state index in [1.165, 1.54) is 23.1 Å². The van der Waals surface area contributed by atoms with Crippen LogP contribution in [0.1, 0.15) is 17.3 Å². The van der Waals surface area contributed by atoms with E-state index in [2.05, 4.69) is 5.16 Å². The predicted molar refractivity (Wildman–Crippen MR) is 68.1 cm³/mol. The van der Waals surface area contributed by atoms with Crippen LogP contribution in [0, 0.1) is 0 Å². The number of amides is 1. The van der Waals surface area contributed by atoms with Crippen LogP contribution in [0.5, 0.6) is 5.75 Å². The summed E-state index contributed by atoms with van der Waals surface area (Å²) in [6.45, 7) is 2.18. The molecule has 0 radical (unpaired) electrons. The van der Waals surface area contributed by atoms with Gasteiger partial charge in [0.15, 0.2) is 5.84 Å². The van der Waals surface area contributed by atoms with Crippen molar-refractivity contribution < 1.29 is 15.1 Å². The number of rotatable bonds is 4. The molecular formula is C11H14ClN3O3. The number of phenolic OH excluding ortho intramolecular Hbond substituents is 1. The van der Waals surface area contributed by atoms with Crippen molar-refractivity contribution in [2.75, 3.05) is 13.1 Å². The minimum Gasteiger partial charge on any atom is -0.506 e. The zero-order valence-corrected chi connectivity index (χ0v) is 10.6. The Morgan fingerprint density at radius 2 is 2.22 bits per heavy atom. The zero-order chi connectivity index (χ0) is 13.7. The van der Waals surface area contributed by atoms with E-state index in [9.17, 15) is 9.90 Å². The number of carbonyl (C=O) groups is 1. The van der Waals surface area contributed by atoms with Gasteiger partial charge in [-0.05, 0) is 25.1 Å². The highest BCUT2D eigenvalue weighted by Crippen LogP contribution is 2.24. The normalized spacial score (nSPS) is 11.3. The Bertz CT molecular complexity index is 477. The maximum Gasteiger partial charge on any atom is 0.254 e. The van der Waals surface area contributed by atoms with Crippen LogP contribution >= 0.6 is 11.6 Å². The number of halogens is 1. The molecule has 1 aromatic rings. The van der Waals surface area contributed by atoms with E-state index in [1.54, 1.807) is 6.92 Å². The third-order valence-electron chi connectivity index (χ3n) is 2.34. The average Bonchev–Trinajstić information content (AvgIpc) is 2.38. The third-order valence-corrected chi connectivity index (χ3v) is 2.65. The van der Waals surface area contributed by atoms with Gasteiger partial charge in [-0.1, -0.05) is 16.8 Å². The zero-order valence-electron chi connectivity index (χ0n) is 9.80. The van der Waals surface area contributed by atoms with Crippen molar-refractivity contribution in [3.63, 3.8) is 0 Å². The Hall–Kier alpha value is -1.95. The highest BCUT2D eigenvalue weighted by Gasteiger charge is 2.16. The van der Waals surface area contributed by atoms with Crippen LogP contribution in [0.3, 0.4) is 0 Å². The van der Waals surface area contributed by atoms with Gasteiger partial charge < -0.3 is 20.9 Å². The number of amidine groups is 1. The largest absolute Gasteiger partial charge is 0.506 e. The standard InChI is InChI=1S/C11H14ClN3O3/c1-2-15(6-10(13)14-18)11(17)7-3-4-9(16)8(12)5-7/h3-5,16,18H,2,6H2,1H3,(H2,13,14). The molecule has 0 aliphatic heterocycles. The number of aromatic hydroxyl groups is 1. The van der Waals surface area contributed by atoms with Crippen LogP contribution in [-0.4, -0.2) is 40.0 Å². The molecule has 0 fully saturated rings. The molecule has 18 heavy (non-hydrogen) atoms. The van der Waals surface area contributed by atoms with Gasteiger partial charge in [0.2, 0.25) is 0 Å². The lowest BCUT2D eigenvalue weighted by atomic mass is 10.2. The summed E-state index contributed by atoms with van der Waals surface area (Å²) in [6, 6.07) is 4.17. The van der Waals surface area contributed by atoms with Gasteiger partial charge in [-0.25, -0.2) is 0 Å². The monoisotopic (exact) mass is 271 g/mol. The average molecular weight is 272 g/mol. The molecular weight excluding hydrogens is 258 g/mol. The summed E-state index contributed by atoms with van der Waals surface area (Å²) in [6.07, 6.45) is 0. The Morgan fingerprint density at radius 3 is 2.72 bits per heavy atom. The number of benzene rings is 1. The second-order valence-corrected chi connectivity index (χ2v) is 3.98. The molecule has 4 N–H and O–H groups in total. The van der Waals surface area contributed by atoms with E-state index < -0.39 is 0 Å². The number of phenols is 1. The molecule has 0 spiro atoms. The van der Waals surface area contributed by atoms with Crippen LogP contribution in [0.2, 0.25) is 5.02 Å². The van der Waals surface area contributed by atoms with Crippen molar-refractivity contribution in [3.05, 3.63) is 28.8 Å². The molecule has 0 heterocycles. The number of oxime groups is 1. The van der Waals surface area contributed by atoms with Crippen LogP contribution in [0.25, 0.3) is 0 Å². The SMILES string of the molecule is CCN(CC(N)=NO)C(=O)c1ccc(O)c(Cl)c1. The number of hydrogen-bond donors (Lipinski definition) is 3. The maximum absolute atomic E-state index is 12.1. The van der Waals surface area contributed by atoms with Crippen LogP contribution in [-0.2, 0) is 0 Å². The Labute approximate surface area is 109 Å². The quantitative estimate of drug-likeness (QED) is 0.332. The van der Waals surface area contributed by atoms with Gasteiger partial charge in [-0.15, -0.1) is 0 Å². The van der Waals surface area contributed by atoms with Gasteiger partial charge in [0.05, 0.1) is 11.6 Å². The second-order valence-electron chi connectivity index (χ2n) is 3.58. The number of nitrogens with two attached hydrogens (primary N) is 1. The minimum absolute atomic E-state index is 0.0182. The first-order chi connectivity index (χ1) is 8.49. The first kappa shape index (κ1) is 14.1. The molecule has 0 aliphatic carbocycles. The lowest BCUT2D eigenvalue weighted by molar-refractivity contribution is 0.0786. The van der Waals surface area contributed by atoms with Crippen molar-refractivity contribution in [3.8, 4) is 5.75 Å². The van der Waals surface area contributed by atoms with Gasteiger partial charge in [0, 0.05) is 12.1 Å². The van der Waals surface area contributed by atoms with E-state index in [4.69, 9.17) is 22.5 Å². The molecule has 1 amide bonds. The van der Waals surface area contributed by atoms with Gasteiger partial charge in [0.25, 0.3) is 5.91 Å². The van der Waals surface area contributed by atoms with E-state index >= 15 is 0 Å². The number of nitrogens with zero attached hydrogens (tertiary/aromatic N) is 2. The molecule has 98 valence electrons. The van der Waals surface area contributed by atoms with Crippen molar-refractivity contribution in [1.82, 2.24) is 4.90 Å². The van der Waals surface area contributed by atoms with E-state index in [0.717, 1.165) is 0 Å². The fourth-order valence-corrected chi connectivity index (χ4v) is 1.56. The predicted octanol–water partition coefficient (Wildman–Crippen LogP) is 1.25. The molecule has 0 aromatic heterocycles. The number of carbonyl (C=O) groups excluding carboxylic acids is 1. The molecule has 0 bridgehead atoms. The number of hydrogen-bond acceptors (Lipinski definition) is 4. The minimum atomic E-state index is -0.314. The number of likely N-dealkylation sites (N-methyl/N-ethyl adjacent to an activating group) is 1. The fourth-order valence-electron chi connectivity index (χ4n) is 1.38. The topological polar surface area (TPSA) is 99.1 Å². The first-order valence-corrected chi connectivity index (χ1v) is 5.61. The first-order valence-electron chi connectivity index (χ1n) is 5.23. The highest BCUT2D eigenvalue weighted by molar-refractivity contribution is 6.32. The summed E-state index contributed by atoms with van der Waals surface area (Å²) in [5, 5.41) is 20.7. The van der Waals surface area contributed by atoms with E-state index in [-0.39, 0.29) is 29.1 Å². The summed E-state index contributed by atoms with van der Waals surface area (Å²) in [5.74, 6) is -0.464. The molecule has 0 saturated heterocycles. The van der Waals surface area contributed by atoms with Crippen LogP contribution in [0.15, 0.2) is 23.4 Å². The molecule has 0 aliphatic rings. The molecule has 6 nitrogen and oxygen atoms in total. The molecule has 7 heteroatoms. The van der Waals surface area contributed by atoms with Gasteiger partial charge in [0.1, 0.15) is 5.75 Å². The molecule has 1 aromatic carbocycles. The lowest BCUT2D eigenvalue weighted by Crippen LogP contribution is -2.38. The summed E-state index contributed by atoms with van der Waals surface area (Å²) >= 11 is 5.73.